The molecule has 5 nitrogen and oxygen atoms in total. The molecule has 0 amide bonds. The predicted octanol–water partition coefficient (Wildman–Crippen LogP) is 3.63. The van der Waals surface area contributed by atoms with Crippen LogP contribution in [-0.2, 0) is 11.2 Å². The summed E-state index contributed by atoms with van der Waals surface area (Å²) in [7, 11) is 0. The monoisotopic (exact) mass is 357 g/mol. The fourth-order valence-corrected chi connectivity index (χ4v) is 3.74. The highest BCUT2D eigenvalue weighted by molar-refractivity contribution is 6.30. The zero-order valence-corrected chi connectivity index (χ0v) is 14.6. The minimum Gasteiger partial charge on any atom is -0.376 e. The number of aromatic nitrogens is 2. The molecule has 0 unspecified atom stereocenters. The van der Waals surface area contributed by atoms with E-state index >= 15 is 0 Å². The second kappa shape index (κ2) is 7.10. The Morgan fingerprint density at radius 1 is 1.32 bits per heavy atom. The van der Waals surface area contributed by atoms with E-state index in [-0.39, 0.29) is 17.8 Å². The van der Waals surface area contributed by atoms with Crippen LogP contribution in [0.1, 0.15) is 46.8 Å². The van der Waals surface area contributed by atoms with Crippen LogP contribution in [0.3, 0.4) is 0 Å². The van der Waals surface area contributed by atoms with E-state index in [4.69, 9.17) is 16.3 Å². The molecule has 1 aromatic carbocycles. The third-order valence-electron chi connectivity index (χ3n) is 4.87. The van der Waals surface area contributed by atoms with Gasteiger partial charge in [-0.3, -0.25) is 4.79 Å². The number of nitrogens with one attached hydrogen (secondary N) is 1. The van der Waals surface area contributed by atoms with Crippen molar-refractivity contribution < 1.29 is 9.53 Å². The summed E-state index contributed by atoms with van der Waals surface area (Å²) in [6.07, 6.45) is 5.23. The number of anilines is 1. The van der Waals surface area contributed by atoms with Gasteiger partial charge in [-0.25, -0.2) is 9.97 Å². The number of halogens is 1. The van der Waals surface area contributed by atoms with Crippen LogP contribution >= 0.6 is 11.6 Å². The van der Waals surface area contributed by atoms with Crippen LogP contribution < -0.4 is 5.32 Å². The maximum Gasteiger partial charge on any atom is 0.222 e. The predicted molar refractivity (Wildman–Crippen MR) is 96.3 cm³/mol. The maximum absolute atomic E-state index is 12.5. The maximum atomic E-state index is 12.5. The molecule has 0 spiro atoms. The van der Waals surface area contributed by atoms with E-state index in [2.05, 4.69) is 15.3 Å². The van der Waals surface area contributed by atoms with Crippen molar-refractivity contribution in [2.24, 2.45) is 0 Å². The van der Waals surface area contributed by atoms with Crippen molar-refractivity contribution in [3.8, 4) is 0 Å². The number of ether oxygens (including phenoxy) is 1. The summed E-state index contributed by atoms with van der Waals surface area (Å²) < 4.78 is 5.61. The van der Waals surface area contributed by atoms with Crippen LogP contribution in [0.4, 0.5) is 5.95 Å². The van der Waals surface area contributed by atoms with Gasteiger partial charge in [0.1, 0.15) is 0 Å². The van der Waals surface area contributed by atoms with Crippen molar-refractivity contribution in [1.82, 2.24) is 9.97 Å². The van der Waals surface area contributed by atoms with Crippen LogP contribution in [-0.4, -0.2) is 35.0 Å². The number of carbonyl (C=O) groups is 1. The van der Waals surface area contributed by atoms with E-state index in [1.807, 2.05) is 24.3 Å². The lowest BCUT2D eigenvalue weighted by Crippen LogP contribution is -2.23. The van der Waals surface area contributed by atoms with Crippen molar-refractivity contribution in [2.75, 3.05) is 18.5 Å². The molecule has 2 heterocycles. The third-order valence-corrected chi connectivity index (χ3v) is 5.11. The quantitative estimate of drug-likeness (QED) is 0.905. The number of rotatable bonds is 4. The van der Waals surface area contributed by atoms with Gasteiger partial charge in [0.05, 0.1) is 17.4 Å². The molecule has 2 aromatic rings. The van der Waals surface area contributed by atoms with Gasteiger partial charge in [0.25, 0.3) is 0 Å². The highest BCUT2D eigenvalue weighted by Crippen LogP contribution is 2.33. The molecular weight excluding hydrogens is 338 g/mol. The van der Waals surface area contributed by atoms with Gasteiger partial charge in [-0.05, 0) is 42.9 Å². The van der Waals surface area contributed by atoms with E-state index in [0.29, 0.717) is 29.5 Å². The van der Waals surface area contributed by atoms with Crippen LogP contribution in [0.5, 0.6) is 0 Å². The minimum absolute atomic E-state index is 0.0944. The topological polar surface area (TPSA) is 64.1 Å². The van der Waals surface area contributed by atoms with Gasteiger partial charge in [0.2, 0.25) is 5.95 Å². The molecule has 25 heavy (non-hydrogen) atoms. The molecule has 0 radical (unpaired) electrons. The van der Waals surface area contributed by atoms with Crippen molar-refractivity contribution >= 4 is 23.3 Å². The molecule has 1 aliphatic carbocycles. The fourth-order valence-electron chi connectivity index (χ4n) is 3.54. The lowest BCUT2D eigenvalue weighted by Gasteiger charge is -2.23. The fraction of sp³-hybridized carbons (Fsp3) is 0.421. The second-order valence-electron chi connectivity index (χ2n) is 6.65. The third kappa shape index (κ3) is 3.67. The molecule has 2 atom stereocenters. The Labute approximate surface area is 151 Å². The Hall–Kier alpha value is -1.98. The van der Waals surface area contributed by atoms with Crippen LogP contribution in [0.2, 0.25) is 5.02 Å². The van der Waals surface area contributed by atoms with Crippen LogP contribution in [0.25, 0.3) is 0 Å². The van der Waals surface area contributed by atoms with Crippen LogP contribution in [0.15, 0.2) is 30.5 Å². The number of hydrogen-bond acceptors (Lipinski definition) is 5. The lowest BCUT2D eigenvalue weighted by molar-refractivity contribution is 0.0962. The molecule has 4 rings (SSSR count). The molecule has 130 valence electrons. The smallest absolute Gasteiger partial charge is 0.222 e. The van der Waals surface area contributed by atoms with Crippen LogP contribution in [0, 0.1) is 0 Å². The number of nitrogens with zero attached hydrogens (tertiary/aromatic N) is 2. The minimum atomic E-state index is 0.0944. The van der Waals surface area contributed by atoms with Crippen molar-refractivity contribution in [1.29, 1.82) is 0 Å². The van der Waals surface area contributed by atoms with Gasteiger partial charge >= 0.3 is 0 Å². The SMILES string of the molecule is O=C1C[C@@H](c2cccc(Cl)c2)Cc2nc(NC[C@@H]3CCCO3)ncc21. The largest absolute Gasteiger partial charge is 0.376 e. The molecule has 6 heteroatoms. The highest BCUT2D eigenvalue weighted by Gasteiger charge is 2.28. The molecule has 1 aromatic heterocycles. The number of Topliss-reactive ketones (excluding diaryl/α,β-unsaturated/α-hetero) is 1. The number of benzene rings is 1. The average molecular weight is 358 g/mol. The summed E-state index contributed by atoms with van der Waals surface area (Å²) in [4.78, 5) is 21.4. The number of carbonyl (C=O) groups excluding carboxylic acids is 1. The van der Waals surface area contributed by atoms with Crippen molar-refractivity contribution in [2.45, 2.75) is 37.7 Å². The standard InChI is InChI=1S/C19H20ClN3O2/c20-14-4-1-3-12(7-14)13-8-17-16(18(24)9-13)11-22-19(23-17)21-10-15-5-2-6-25-15/h1,3-4,7,11,13,15H,2,5-6,8-10H2,(H,21,22,23)/t13-,15-/m0/s1. The molecule has 1 fully saturated rings. The van der Waals surface area contributed by atoms with Gasteiger partial charge in [0.15, 0.2) is 5.78 Å². The van der Waals surface area contributed by atoms with Gasteiger partial charge in [0, 0.05) is 30.8 Å². The summed E-state index contributed by atoms with van der Waals surface area (Å²) in [5.74, 6) is 0.769. The summed E-state index contributed by atoms with van der Waals surface area (Å²) >= 11 is 6.10. The Morgan fingerprint density at radius 2 is 2.24 bits per heavy atom. The van der Waals surface area contributed by atoms with E-state index in [0.717, 1.165) is 37.1 Å². The Morgan fingerprint density at radius 3 is 3.04 bits per heavy atom. The van der Waals surface area contributed by atoms with E-state index < -0.39 is 0 Å². The zero-order chi connectivity index (χ0) is 17.2. The first kappa shape index (κ1) is 16.5. The summed E-state index contributed by atoms with van der Waals surface area (Å²) in [6.45, 7) is 1.53. The lowest BCUT2D eigenvalue weighted by atomic mass is 9.82. The molecule has 0 bridgehead atoms. The molecule has 1 aliphatic heterocycles. The number of fused-ring (bicyclic) bond motifs is 1. The first-order valence-corrected chi connectivity index (χ1v) is 9.07. The molecule has 0 saturated carbocycles. The van der Waals surface area contributed by atoms with Crippen molar-refractivity contribution in [3.05, 3.63) is 52.3 Å². The van der Waals surface area contributed by atoms with E-state index in [9.17, 15) is 4.79 Å². The van der Waals surface area contributed by atoms with Gasteiger partial charge in [-0.15, -0.1) is 0 Å². The highest BCUT2D eigenvalue weighted by atomic mass is 35.5. The normalized spacial score (nSPS) is 22.7. The first-order valence-electron chi connectivity index (χ1n) is 8.69. The Bertz CT molecular complexity index is 790. The molecule has 1 N–H and O–H groups in total. The molecule has 1 saturated heterocycles. The van der Waals surface area contributed by atoms with Gasteiger partial charge in [-0.1, -0.05) is 23.7 Å². The first-order chi connectivity index (χ1) is 12.2. The summed E-state index contributed by atoms with van der Waals surface area (Å²) in [5, 5.41) is 3.93. The van der Waals surface area contributed by atoms with E-state index in [1.54, 1.807) is 6.20 Å². The molecular formula is C19H20ClN3O2. The van der Waals surface area contributed by atoms with Gasteiger partial charge < -0.3 is 10.1 Å². The summed E-state index contributed by atoms with van der Waals surface area (Å²) in [6, 6.07) is 7.72. The second-order valence-corrected chi connectivity index (χ2v) is 7.09. The molecule has 2 aliphatic rings. The number of hydrogen-bond donors (Lipinski definition) is 1. The summed E-state index contributed by atoms with van der Waals surface area (Å²) in [5.41, 5.74) is 2.53. The Kier molecular flexibility index (Phi) is 4.68. The average Bonchev–Trinajstić information content (AvgIpc) is 3.13. The number of ketones is 1. The van der Waals surface area contributed by atoms with Crippen molar-refractivity contribution in [3.63, 3.8) is 0 Å². The van der Waals surface area contributed by atoms with E-state index in [1.165, 1.54) is 0 Å². The zero-order valence-electron chi connectivity index (χ0n) is 13.9. The van der Waals surface area contributed by atoms with Gasteiger partial charge in [-0.2, -0.15) is 0 Å². The Balaban J connectivity index is 1.52.